The summed E-state index contributed by atoms with van der Waals surface area (Å²) in [5, 5.41) is 13.9. The number of hydrogen-bond acceptors (Lipinski definition) is 9. The second kappa shape index (κ2) is 11.4. The van der Waals surface area contributed by atoms with Crippen LogP contribution in [0.25, 0.3) is 11.4 Å². The van der Waals surface area contributed by atoms with Gasteiger partial charge in [0.25, 0.3) is 0 Å². The molecule has 1 aromatic heterocycles. The summed E-state index contributed by atoms with van der Waals surface area (Å²) in [5.41, 5.74) is 0.763. The number of ether oxygens (including phenoxy) is 2. The minimum Gasteiger partial charge on any atom is -0.505 e. The SMILES string of the molecule is COC(=O)/N=C(SC)/C(=N\c1ccc(-c2noc(C)n2)cc1)c1cc(OCCF)cc(O)c1F. The third kappa shape index (κ3) is 5.95. The minimum absolute atomic E-state index is 0.0144. The number of aryl methyl sites for hydroxylation is 1. The van der Waals surface area contributed by atoms with Gasteiger partial charge in [-0.3, -0.25) is 0 Å². The van der Waals surface area contributed by atoms with Crippen molar-refractivity contribution >= 4 is 34.3 Å². The first kappa shape index (κ1) is 24.8. The fraction of sp³-hybridized carbons (Fsp3) is 0.227. The first-order chi connectivity index (χ1) is 16.4. The van der Waals surface area contributed by atoms with Gasteiger partial charge in [0, 0.05) is 24.1 Å². The Morgan fingerprint density at radius 3 is 2.59 bits per heavy atom. The van der Waals surface area contributed by atoms with Gasteiger partial charge in [0.2, 0.25) is 11.7 Å². The molecule has 0 radical (unpaired) electrons. The van der Waals surface area contributed by atoms with Crippen molar-refractivity contribution in [3.05, 3.63) is 53.7 Å². The Hall–Kier alpha value is -3.80. The molecule has 0 aliphatic carbocycles. The van der Waals surface area contributed by atoms with Gasteiger partial charge >= 0.3 is 6.09 Å². The number of methoxy groups -OCH3 is 1. The van der Waals surface area contributed by atoms with Gasteiger partial charge in [0.05, 0.1) is 12.8 Å². The fourth-order valence-corrected chi connectivity index (χ4v) is 3.29. The predicted molar refractivity (Wildman–Crippen MR) is 124 cm³/mol. The van der Waals surface area contributed by atoms with Crippen molar-refractivity contribution in [1.29, 1.82) is 0 Å². The lowest BCUT2D eigenvalue weighted by molar-refractivity contribution is 0.183. The molecule has 3 aromatic rings. The zero-order chi connectivity index (χ0) is 24.7. The highest BCUT2D eigenvalue weighted by Crippen LogP contribution is 2.30. The molecule has 0 saturated carbocycles. The van der Waals surface area contributed by atoms with Crippen LogP contribution in [-0.2, 0) is 4.74 Å². The number of carbonyl (C=O) groups excluding carboxylic acids is 1. The molecule has 0 saturated heterocycles. The van der Waals surface area contributed by atoms with E-state index in [0.29, 0.717) is 23.0 Å². The lowest BCUT2D eigenvalue weighted by Crippen LogP contribution is -2.16. The second-order valence-electron chi connectivity index (χ2n) is 6.58. The highest BCUT2D eigenvalue weighted by atomic mass is 32.2. The summed E-state index contributed by atoms with van der Waals surface area (Å²) in [6, 6.07) is 8.88. The van der Waals surface area contributed by atoms with Crippen molar-refractivity contribution in [2.24, 2.45) is 9.98 Å². The van der Waals surface area contributed by atoms with Crippen molar-refractivity contribution in [3.8, 4) is 22.9 Å². The van der Waals surface area contributed by atoms with Crippen LogP contribution in [0.4, 0.5) is 19.3 Å². The molecule has 1 amide bonds. The fourth-order valence-electron chi connectivity index (χ4n) is 2.77. The van der Waals surface area contributed by atoms with Crippen LogP contribution in [0.15, 0.2) is 50.9 Å². The summed E-state index contributed by atoms with van der Waals surface area (Å²) in [6.07, 6.45) is 0.689. The molecule has 0 spiro atoms. The smallest absolute Gasteiger partial charge is 0.434 e. The number of carbonyl (C=O) groups is 1. The van der Waals surface area contributed by atoms with Crippen LogP contribution >= 0.6 is 11.8 Å². The number of phenols is 1. The molecule has 34 heavy (non-hydrogen) atoms. The van der Waals surface area contributed by atoms with E-state index in [1.807, 2.05) is 0 Å². The largest absolute Gasteiger partial charge is 0.505 e. The lowest BCUT2D eigenvalue weighted by atomic mass is 10.1. The summed E-state index contributed by atoms with van der Waals surface area (Å²) in [6.45, 7) is 0.599. The third-order valence-electron chi connectivity index (χ3n) is 4.29. The number of aromatic hydroxyl groups is 1. The summed E-state index contributed by atoms with van der Waals surface area (Å²) < 4.78 is 42.3. The maximum atomic E-state index is 15.0. The van der Waals surface area contributed by atoms with E-state index in [4.69, 9.17) is 9.26 Å². The molecule has 178 valence electrons. The summed E-state index contributed by atoms with van der Waals surface area (Å²) in [4.78, 5) is 24.3. The lowest BCUT2D eigenvalue weighted by Gasteiger charge is -2.13. The Morgan fingerprint density at radius 1 is 1.26 bits per heavy atom. The molecule has 0 aliphatic heterocycles. The summed E-state index contributed by atoms with van der Waals surface area (Å²) in [7, 11) is 1.15. The molecule has 0 atom stereocenters. The zero-order valence-corrected chi connectivity index (χ0v) is 19.2. The van der Waals surface area contributed by atoms with Crippen LogP contribution < -0.4 is 4.74 Å². The topological polar surface area (TPSA) is 119 Å². The molecule has 2 aromatic carbocycles. The van der Waals surface area contributed by atoms with Crippen LogP contribution in [0.2, 0.25) is 0 Å². The van der Waals surface area contributed by atoms with Gasteiger partial charge < -0.3 is 19.1 Å². The van der Waals surface area contributed by atoms with Gasteiger partial charge in [-0.05, 0) is 36.6 Å². The van der Waals surface area contributed by atoms with E-state index in [0.717, 1.165) is 24.9 Å². The molecule has 3 rings (SSSR count). The summed E-state index contributed by atoms with van der Waals surface area (Å²) >= 11 is 1.01. The van der Waals surface area contributed by atoms with Gasteiger partial charge in [0.1, 0.15) is 29.8 Å². The molecule has 9 nitrogen and oxygen atoms in total. The van der Waals surface area contributed by atoms with Crippen molar-refractivity contribution in [2.45, 2.75) is 6.92 Å². The molecule has 0 unspecified atom stereocenters. The van der Waals surface area contributed by atoms with E-state index >= 15 is 0 Å². The van der Waals surface area contributed by atoms with Crippen LogP contribution in [0, 0.1) is 12.7 Å². The first-order valence-corrected chi connectivity index (χ1v) is 11.0. The number of hydrogen-bond donors (Lipinski definition) is 1. The molecule has 1 N–H and O–H groups in total. The Labute approximate surface area is 197 Å². The molecule has 12 heteroatoms. The van der Waals surface area contributed by atoms with Crippen molar-refractivity contribution in [1.82, 2.24) is 10.1 Å². The number of phenolic OH excluding ortho intramolecular Hbond substituents is 1. The van der Waals surface area contributed by atoms with Crippen LogP contribution in [0.1, 0.15) is 11.5 Å². The summed E-state index contributed by atoms with van der Waals surface area (Å²) in [5.74, 6) is -0.940. The van der Waals surface area contributed by atoms with Gasteiger partial charge in [-0.15, -0.1) is 11.8 Å². The van der Waals surface area contributed by atoms with Gasteiger partial charge in [0.15, 0.2) is 11.6 Å². The number of amides is 1. The van der Waals surface area contributed by atoms with Gasteiger partial charge in [-0.1, -0.05) is 5.16 Å². The van der Waals surface area contributed by atoms with Gasteiger partial charge in [-0.25, -0.2) is 18.6 Å². The van der Waals surface area contributed by atoms with E-state index in [9.17, 15) is 18.7 Å². The zero-order valence-electron chi connectivity index (χ0n) is 18.4. The van der Waals surface area contributed by atoms with Gasteiger partial charge in [-0.2, -0.15) is 9.98 Å². The Kier molecular flexibility index (Phi) is 8.30. The maximum absolute atomic E-state index is 15.0. The normalized spacial score (nSPS) is 12.0. The highest BCUT2D eigenvalue weighted by molar-refractivity contribution is 8.15. The third-order valence-corrected chi connectivity index (χ3v) is 4.96. The molecule has 0 bridgehead atoms. The van der Waals surface area contributed by atoms with Crippen molar-refractivity contribution < 1.29 is 32.7 Å². The van der Waals surface area contributed by atoms with Crippen LogP contribution in [-0.4, -0.2) is 58.7 Å². The van der Waals surface area contributed by atoms with E-state index in [2.05, 4.69) is 24.9 Å². The molecule has 0 aliphatic rings. The first-order valence-electron chi connectivity index (χ1n) is 9.78. The number of nitrogens with zero attached hydrogens (tertiary/aromatic N) is 4. The van der Waals surface area contributed by atoms with E-state index in [-0.39, 0.29) is 28.7 Å². The number of aromatic nitrogens is 2. The Bertz CT molecular complexity index is 1230. The van der Waals surface area contributed by atoms with Crippen LogP contribution in [0.5, 0.6) is 11.5 Å². The highest BCUT2D eigenvalue weighted by Gasteiger charge is 2.22. The molecule has 1 heterocycles. The maximum Gasteiger partial charge on any atom is 0.434 e. The van der Waals surface area contributed by atoms with Crippen molar-refractivity contribution in [3.63, 3.8) is 0 Å². The quantitative estimate of drug-likeness (QED) is 0.367. The monoisotopic (exact) mass is 490 g/mol. The molecular weight excluding hydrogens is 470 g/mol. The Morgan fingerprint density at radius 2 is 2.00 bits per heavy atom. The Balaban J connectivity index is 2.13. The number of alkyl halides is 1. The predicted octanol–water partition coefficient (Wildman–Crippen LogP) is 4.89. The average molecular weight is 490 g/mol. The second-order valence-corrected chi connectivity index (χ2v) is 7.37. The number of thioether (sulfide) groups is 1. The standard InChI is InChI=1S/C22H20F2N4O5S/c1-12-25-20(28-33-12)13-4-6-14(7-5-13)26-19(21(34-3)27-22(30)31-2)16-10-15(32-9-8-23)11-17(29)18(16)24/h4-7,10-11,29H,8-9H2,1-3H3/b26-19-,27-21-. The minimum atomic E-state index is -1.02. The van der Waals surface area contributed by atoms with E-state index in [1.165, 1.54) is 6.07 Å². The van der Waals surface area contributed by atoms with Crippen LogP contribution in [0.3, 0.4) is 0 Å². The number of benzene rings is 2. The van der Waals surface area contributed by atoms with Crippen molar-refractivity contribution in [2.75, 3.05) is 26.6 Å². The average Bonchev–Trinajstić information content (AvgIpc) is 3.28. The molecule has 0 fully saturated rings. The number of halogens is 2. The van der Waals surface area contributed by atoms with E-state index < -0.39 is 24.3 Å². The number of rotatable bonds is 7. The molecular formula is C22H20F2N4O5S. The van der Waals surface area contributed by atoms with E-state index in [1.54, 1.807) is 37.4 Å². The number of aliphatic imine (C=N–C) groups is 2.